The summed E-state index contributed by atoms with van der Waals surface area (Å²) < 4.78 is 1.98. The van der Waals surface area contributed by atoms with Crippen LogP contribution in [0, 0.1) is 0 Å². The van der Waals surface area contributed by atoms with Crippen LogP contribution in [0.2, 0.25) is 0 Å². The molecule has 0 bridgehead atoms. The Bertz CT molecular complexity index is 337. The average Bonchev–Trinajstić information content (AvgIpc) is 2.69. The van der Waals surface area contributed by atoms with Gasteiger partial charge in [-0.2, -0.15) is 0 Å². The highest BCUT2D eigenvalue weighted by Gasteiger charge is 2.13. The number of pyridine rings is 1. The molecule has 1 aromatic rings. The summed E-state index contributed by atoms with van der Waals surface area (Å²) in [5, 5.41) is 6.78. The largest absolute Gasteiger partial charge is 0.368 e. The molecule has 0 saturated carbocycles. The van der Waals surface area contributed by atoms with Crippen LogP contribution in [0.4, 0.5) is 5.82 Å². The minimum atomic E-state index is 0.586. The maximum Gasteiger partial charge on any atom is 0.140 e. The van der Waals surface area contributed by atoms with Gasteiger partial charge < -0.3 is 10.6 Å². The highest BCUT2D eigenvalue weighted by Crippen LogP contribution is 2.23. The second-order valence-electron chi connectivity index (χ2n) is 3.66. The molecular formula is C10H13Br2N3. The molecule has 3 nitrogen and oxygen atoms in total. The van der Waals surface area contributed by atoms with Crippen molar-refractivity contribution < 1.29 is 0 Å². The highest BCUT2D eigenvalue weighted by molar-refractivity contribution is 9.11. The quantitative estimate of drug-likeness (QED) is 0.892. The van der Waals surface area contributed by atoms with Crippen LogP contribution < -0.4 is 10.6 Å². The second kappa shape index (κ2) is 5.27. The van der Waals surface area contributed by atoms with Crippen molar-refractivity contribution in [1.29, 1.82) is 0 Å². The van der Waals surface area contributed by atoms with Gasteiger partial charge >= 0.3 is 0 Å². The minimum absolute atomic E-state index is 0.586. The van der Waals surface area contributed by atoms with Crippen LogP contribution in [-0.2, 0) is 0 Å². The third-order valence-electron chi connectivity index (χ3n) is 2.49. The minimum Gasteiger partial charge on any atom is -0.368 e. The molecule has 2 N–H and O–H groups in total. The van der Waals surface area contributed by atoms with Gasteiger partial charge in [0.2, 0.25) is 0 Å². The van der Waals surface area contributed by atoms with E-state index in [0.717, 1.165) is 27.9 Å². The number of nitrogens with zero attached hydrogens (tertiary/aromatic N) is 1. The van der Waals surface area contributed by atoms with Gasteiger partial charge in [-0.15, -0.1) is 0 Å². The van der Waals surface area contributed by atoms with Crippen LogP contribution in [0.5, 0.6) is 0 Å². The first kappa shape index (κ1) is 11.4. The Kier molecular flexibility index (Phi) is 3.99. The highest BCUT2D eigenvalue weighted by atomic mass is 79.9. The van der Waals surface area contributed by atoms with E-state index in [-0.39, 0.29) is 0 Å². The van der Waals surface area contributed by atoms with Crippen LogP contribution in [0.3, 0.4) is 0 Å². The van der Waals surface area contributed by atoms with Crippen molar-refractivity contribution >= 4 is 37.7 Å². The molecule has 0 aliphatic carbocycles. The van der Waals surface area contributed by atoms with Crippen molar-refractivity contribution in [2.75, 3.05) is 18.4 Å². The Labute approximate surface area is 106 Å². The van der Waals surface area contributed by atoms with E-state index in [1.807, 2.05) is 6.07 Å². The lowest BCUT2D eigenvalue weighted by Gasteiger charge is -2.12. The normalized spacial score (nSPS) is 20.5. The molecular weight excluding hydrogens is 322 g/mol. The van der Waals surface area contributed by atoms with Gasteiger partial charge in [0.25, 0.3) is 0 Å². The van der Waals surface area contributed by atoms with Gasteiger partial charge in [0, 0.05) is 23.3 Å². The maximum absolute atomic E-state index is 4.31. The summed E-state index contributed by atoms with van der Waals surface area (Å²) in [7, 11) is 0. The molecule has 1 aliphatic rings. The van der Waals surface area contributed by atoms with E-state index < -0.39 is 0 Å². The molecule has 1 fully saturated rings. The van der Waals surface area contributed by atoms with Crippen LogP contribution in [0.1, 0.15) is 12.8 Å². The van der Waals surface area contributed by atoms with Crippen LogP contribution >= 0.6 is 31.9 Å². The molecule has 0 radical (unpaired) electrons. The van der Waals surface area contributed by atoms with Crippen molar-refractivity contribution in [2.24, 2.45) is 0 Å². The lowest BCUT2D eigenvalue weighted by molar-refractivity contribution is 0.632. The van der Waals surface area contributed by atoms with Crippen molar-refractivity contribution in [1.82, 2.24) is 10.3 Å². The predicted octanol–water partition coefficient (Wildman–Crippen LogP) is 2.77. The standard InChI is InChI=1S/C10H13Br2N3/c11-7-4-9(12)10(14-5-7)15-6-8-2-1-3-13-8/h4-5,8,13H,1-3,6H2,(H,14,15). The molecule has 0 spiro atoms. The number of rotatable bonds is 3. The Morgan fingerprint density at radius 1 is 1.53 bits per heavy atom. The zero-order valence-corrected chi connectivity index (χ0v) is 11.4. The van der Waals surface area contributed by atoms with E-state index in [2.05, 4.69) is 47.5 Å². The fourth-order valence-electron chi connectivity index (χ4n) is 1.70. The smallest absolute Gasteiger partial charge is 0.140 e. The van der Waals surface area contributed by atoms with Gasteiger partial charge in [0.1, 0.15) is 5.82 Å². The van der Waals surface area contributed by atoms with Crippen molar-refractivity contribution in [3.05, 3.63) is 21.2 Å². The molecule has 0 aromatic carbocycles. The molecule has 1 aromatic heterocycles. The van der Waals surface area contributed by atoms with E-state index in [9.17, 15) is 0 Å². The third kappa shape index (κ3) is 3.16. The van der Waals surface area contributed by atoms with Crippen molar-refractivity contribution in [2.45, 2.75) is 18.9 Å². The molecule has 2 rings (SSSR count). The molecule has 82 valence electrons. The zero-order valence-electron chi connectivity index (χ0n) is 8.26. The Morgan fingerprint density at radius 2 is 2.40 bits per heavy atom. The number of nitrogens with one attached hydrogen (secondary N) is 2. The summed E-state index contributed by atoms with van der Waals surface area (Å²) in [6.45, 7) is 2.08. The zero-order chi connectivity index (χ0) is 10.7. The first-order valence-electron chi connectivity index (χ1n) is 5.04. The van der Waals surface area contributed by atoms with Gasteiger partial charge in [-0.3, -0.25) is 0 Å². The van der Waals surface area contributed by atoms with E-state index >= 15 is 0 Å². The topological polar surface area (TPSA) is 37.0 Å². The molecule has 2 heterocycles. The number of aromatic nitrogens is 1. The maximum atomic E-state index is 4.31. The number of halogens is 2. The second-order valence-corrected chi connectivity index (χ2v) is 5.43. The summed E-state index contributed by atoms with van der Waals surface area (Å²) in [5.41, 5.74) is 0. The van der Waals surface area contributed by atoms with E-state index in [1.54, 1.807) is 6.20 Å². The molecule has 15 heavy (non-hydrogen) atoms. The van der Waals surface area contributed by atoms with Crippen molar-refractivity contribution in [3.8, 4) is 0 Å². The lowest BCUT2D eigenvalue weighted by atomic mass is 10.2. The summed E-state index contributed by atoms with van der Waals surface area (Å²) in [4.78, 5) is 4.31. The first-order valence-corrected chi connectivity index (χ1v) is 6.62. The molecule has 5 heteroatoms. The van der Waals surface area contributed by atoms with Crippen LogP contribution in [0.25, 0.3) is 0 Å². The molecule has 1 saturated heterocycles. The van der Waals surface area contributed by atoms with Gasteiger partial charge in [-0.1, -0.05) is 0 Å². The molecule has 0 amide bonds. The summed E-state index contributed by atoms with van der Waals surface area (Å²) in [5.74, 6) is 0.909. The van der Waals surface area contributed by atoms with Gasteiger partial charge in [0.05, 0.1) is 4.47 Å². The van der Waals surface area contributed by atoms with Crippen LogP contribution in [-0.4, -0.2) is 24.1 Å². The SMILES string of the molecule is Brc1cnc(NCC2CCCN2)c(Br)c1. The van der Waals surface area contributed by atoms with E-state index in [1.165, 1.54) is 12.8 Å². The number of anilines is 1. The van der Waals surface area contributed by atoms with Crippen LogP contribution in [0.15, 0.2) is 21.2 Å². The Hall–Kier alpha value is -0.130. The fourth-order valence-corrected chi connectivity index (χ4v) is 2.82. The van der Waals surface area contributed by atoms with Gasteiger partial charge in [-0.05, 0) is 57.3 Å². The fraction of sp³-hybridized carbons (Fsp3) is 0.500. The van der Waals surface area contributed by atoms with E-state index in [0.29, 0.717) is 6.04 Å². The molecule has 1 atom stereocenters. The van der Waals surface area contributed by atoms with E-state index in [4.69, 9.17) is 0 Å². The average molecular weight is 335 g/mol. The van der Waals surface area contributed by atoms with Crippen molar-refractivity contribution in [3.63, 3.8) is 0 Å². The Balaban J connectivity index is 1.92. The lowest BCUT2D eigenvalue weighted by Crippen LogP contribution is -2.29. The van der Waals surface area contributed by atoms with Gasteiger partial charge in [0.15, 0.2) is 0 Å². The predicted molar refractivity (Wildman–Crippen MR) is 69.2 cm³/mol. The van der Waals surface area contributed by atoms with Gasteiger partial charge in [-0.25, -0.2) is 4.98 Å². The third-order valence-corrected chi connectivity index (χ3v) is 3.52. The number of hydrogen-bond acceptors (Lipinski definition) is 3. The summed E-state index contributed by atoms with van der Waals surface area (Å²) in [6.07, 6.45) is 4.33. The number of hydrogen-bond donors (Lipinski definition) is 2. The Morgan fingerprint density at radius 3 is 3.07 bits per heavy atom. The molecule has 1 aliphatic heterocycles. The summed E-state index contributed by atoms with van der Waals surface area (Å²) >= 11 is 6.86. The summed E-state index contributed by atoms with van der Waals surface area (Å²) in [6, 6.07) is 2.58. The first-order chi connectivity index (χ1) is 7.25. The molecule has 1 unspecified atom stereocenters. The monoisotopic (exact) mass is 333 g/mol.